The molecule has 0 unspecified atom stereocenters. The molecule has 1 aromatic carbocycles. The minimum atomic E-state index is -1.43. The Labute approximate surface area is 276 Å². The van der Waals surface area contributed by atoms with Crippen molar-refractivity contribution in [3.8, 4) is 0 Å². The van der Waals surface area contributed by atoms with Gasteiger partial charge in [-0.3, -0.25) is 10.1 Å². The van der Waals surface area contributed by atoms with E-state index in [4.69, 9.17) is 9.47 Å². The maximum Gasteiger partial charge on any atom is 0.342 e. The molecule has 5 aliphatic rings. The van der Waals surface area contributed by atoms with E-state index in [-0.39, 0.29) is 51.8 Å². The number of rotatable bonds is 6. The number of cyclic esters (lactones) is 1. The number of hydrogen-bond acceptors (Lipinski definition) is 8. The van der Waals surface area contributed by atoms with Crippen LogP contribution in [0.25, 0.3) is 0 Å². The lowest BCUT2D eigenvalue weighted by Crippen LogP contribution is -2.62. The number of hydrogen-bond donors (Lipinski definition) is 2. The Hall–Kier alpha value is -3.27. The monoisotopic (exact) mass is 651 g/mol. The number of nitro benzene ring substituents is 1. The van der Waals surface area contributed by atoms with E-state index < -0.39 is 39.7 Å². The molecule has 0 spiro atoms. The van der Waals surface area contributed by atoms with Crippen LogP contribution in [-0.2, 0) is 14.3 Å². The van der Waals surface area contributed by atoms with Gasteiger partial charge in [0.25, 0.3) is 5.69 Å². The third-order valence-electron chi connectivity index (χ3n) is 13.7. The van der Waals surface area contributed by atoms with Crippen molar-refractivity contribution in [2.24, 2.45) is 45.8 Å². The Morgan fingerprint density at radius 2 is 1.66 bits per heavy atom. The largest absolute Gasteiger partial charge is 0.477 e. The van der Waals surface area contributed by atoms with Crippen molar-refractivity contribution >= 4 is 23.6 Å². The zero-order valence-electron chi connectivity index (χ0n) is 28.4. The Balaban J connectivity index is 1.19. The molecule has 10 atom stereocenters. The summed E-state index contributed by atoms with van der Waals surface area (Å²) in [5.41, 5.74) is -1.76. The number of nitrogens with zero attached hydrogens (tertiary/aromatic N) is 1. The van der Waals surface area contributed by atoms with Gasteiger partial charge in [0, 0.05) is 23.8 Å². The van der Waals surface area contributed by atoms with Gasteiger partial charge in [0.1, 0.15) is 17.8 Å². The Morgan fingerprint density at radius 3 is 2.32 bits per heavy atom. The number of esters is 2. The van der Waals surface area contributed by atoms with Crippen LogP contribution >= 0.6 is 0 Å². The molecule has 5 fully saturated rings. The number of benzene rings is 1. The maximum atomic E-state index is 13.3. The molecule has 4 aliphatic carbocycles. The quantitative estimate of drug-likeness (QED) is 0.142. The van der Waals surface area contributed by atoms with Crippen molar-refractivity contribution in [3.05, 3.63) is 51.1 Å². The Kier molecular flexibility index (Phi) is 8.17. The number of aliphatic hydroxyl groups is 1. The number of nitro groups is 1. The van der Waals surface area contributed by atoms with Gasteiger partial charge in [0.2, 0.25) is 0 Å². The molecular weight excluding hydrogens is 602 g/mol. The first-order valence-corrected chi connectivity index (χ1v) is 17.2. The highest BCUT2D eigenvalue weighted by molar-refractivity contribution is 5.96. The first kappa shape index (κ1) is 33.6. The molecule has 10 heteroatoms. The standard InChI is InChI=1S/C37H49NO9/c1-20(2)17-22-19-37(43,33(42)46-22)26-11-10-25-23(26)9-12-29-35(25,5)15-13-28-34(3,4)30(14-16-36(28,29)6)47-32(41)21-7-8-24(31(39)40)27(18-21)38(44)45/h7-8,17-18,22-23,25-26,28-30,43H,9-16,19H2,1-6H3,(H,39,40)/t22-,23+,25-,26+,28+,29+,30+,35+,36+,37+/m1/s1. The smallest absolute Gasteiger partial charge is 0.342 e. The highest BCUT2D eigenvalue weighted by atomic mass is 16.6. The molecular formula is C37H49NO9. The van der Waals surface area contributed by atoms with Crippen LogP contribution in [0.5, 0.6) is 0 Å². The van der Waals surface area contributed by atoms with Crippen molar-refractivity contribution in [1.82, 2.24) is 0 Å². The lowest BCUT2D eigenvalue weighted by atomic mass is 9.38. The summed E-state index contributed by atoms with van der Waals surface area (Å²) >= 11 is 0. The minimum Gasteiger partial charge on any atom is -0.477 e. The lowest BCUT2D eigenvalue weighted by Gasteiger charge is -2.67. The predicted octanol–water partition coefficient (Wildman–Crippen LogP) is 7.13. The van der Waals surface area contributed by atoms with Crippen LogP contribution in [0, 0.1) is 55.9 Å². The lowest BCUT2D eigenvalue weighted by molar-refractivity contribution is -0.385. The fraction of sp³-hybridized carbons (Fsp3) is 0.703. The van der Waals surface area contributed by atoms with Crippen molar-refractivity contribution in [2.75, 3.05) is 0 Å². The SMILES string of the molecule is CC(C)=C[C@@H]1C[C@](O)([C@H]2CC[C@@H]3[C@@H]2CC[C@H]2[C@@]3(C)CC[C@H]3C(C)(C)[C@@H](OC(=O)c4ccc(C(=O)O)c([N+](=O)[O-])c4)CC[C@]23C)C(=O)O1. The zero-order valence-corrected chi connectivity index (χ0v) is 28.4. The van der Waals surface area contributed by atoms with E-state index in [1.165, 1.54) is 6.07 Å². The van der Waals surface area contributed by atoms with Crippen LogP contribution in [0.3, 0.4) is 0 Å². The summed E-state index contributed by atoms with van der Waals surface area (Å²) in [7, 11) is 0. The first-order valence-electron chi connectivity index (χ1n) is 17.2. The summed E-state index contributed by atoms with van der Waals surface area (Å²) in [5.74, 6) is -1.22. The second-order valence-electron chi connectivity index (χ2n) is 16.6. The fourth-order valence-electron chi connectivity index (χ4n) is 11.7. The molecule has 1 aliphatic heterocycles. The summed E-state index contributed by atoms with van der Waals surface area (Å²) in [4.78, 5) is 48.6. The molecule has 6 rings (SSSR count). The van der Waals surface area contributed by atoms with Crippen LogP contribution < -0.4 is 0 Å². The number of ether oxygens (including phenoxy) is 2. The van der Waals surface area contributed by atoms with Gasteiger partial charge in [-0.1, -0.05) is 33.3 Å². The van der Waals surface area contributed by atoms with Crippen molar-refractivity contribution in [3.63, 3.8) is 0 Å². The molecule has 0 amide bonds. The third kappa shape index (κ3) is 5.20. The number of carbonyl (C=O) groups excluding carboxylic acids is 2. The van der Waals surface area contributed by atoms with Crippen LogP contribution in [0.15, 0.2) is 29.8 Å². The topological polar surface area (TPSA) is 153 Å². The summed E-state index contributed by atoms with van der Waals surface area (Å²) in [5, 5.41) is 32.7. The molecule has 4 saturated carbocycles. The number of carbonyl (C=O) groups is 3. The van der Waals surface area contributed by atoms with Gasteiger partial charge in [0.15, 0.2) is 5.60 Å². The van der Waals surface area contributed by atoms with Gasteiger partial charge in [-0.2, -0.15) is 0 Å². The van der Waals surface area contributed by atoms with Crippen LogP contribution in [0.4, 0.5) is 5.69 Å². The number of carboxylic acid groups (broad SMARTS) is 1. The van der Waals surface area contributed by atoms with Crippen molar-refractivity contribution in [1.29, 1.82) is 0 Å². The van der Waals surface area contributed by atoms with E-state index in [1.807, 2.05) is 19.9 Å². The van der Waals surface area contributed by atoms with Gasteiger partial charge in [-0.25, -0.2) is 14.4 Å². The molecule has 0 bridgehead atoms. The highest BCUT2D eigenvalue weighted by Gasteiger charge is 2.67. The van der Waals surface area contributed by atoms with Crippen molar-refractivity contribution < 1.29 is 39.0 Å². The van der Waals surface area contributed by atoms with Gasteiger partial charge in [-0.15, -0.1) is 0 Å². The van der Waals surface area contributed by atoms with Gasteiger partial charge in [0.05, 0.1) is 10.5 Å². The predicted molar refractivity (Wildman–Crippen MR) is 173 cm³/mol. The van der Waals surface area contributed by atoms with E-state index >= 15 is 0 Å². The molecule has 1 heterocycles. The minimum absolute atomic E-state index is 0.0160. The summed E-state index contributed by atoms with van der Waals surface area (Å²) < 4.78 is 11.8. The summed E-state index contributed by atoms with van der Waals surface area (Å²) in [6.07, 6.45) is 8.92. The average molecular weight is 652 g/mol. The second-order valence-corrected chi connectivity index (χ2v) is 16.6. The molecule has 2 N–H and O–H groups in total. The van der Waals surface area contributed by atoms with Crippen LogP contribution in [0.1, 0.15) is 120 Å². The van der Waals surface area contributed by atoms with E-state index in [0.717, 1.165) is 62.7 Å². The normalized spacial score (nSPS) is 40.3. The first-order chi connectivity index (χ1) is 21.9. The van der Waals surface area contributed by atoms with Gasteiger partial charge < -0.3 is 19.7 Å². The summed E-state index contributed by atoms with van der Waals surface area (Å²) in [6, 6.07) is 3.36. The fourth-order valence-corrected chi connectivity index (χ4v) is 11.7. The molecule has 47 heavy (non-hydrogen) atoms. The number of aromatic carboxylic acids is 1. The van der Waals surface area contributed by atoms with E-state index in [0.29, 0.717) is 24.7 Å². The van der Waals surface area contributed by atoms with E-state index in [9.17, 15) is 34.7 Å². The van der Waals surface area contributed by atoms with E-state index in [1.54, 1.807) is 0 Å². The van der Waals surface area contributed by atoms with Crippen molar-refractivity contribution in [2.45, 2.75) is 117 Å². The van der Waals surface area contributed by atoms with Crippen LogP contribution in [-0.4, -0.2) is 50.9 Å². The highest BCUT2D eigenvalue weighted by Crippen LogP contribution is 2.72. The zero-order chi connectivity index (χ0) is 34.3. The number of fused-ring (bicyclic) bond motifs is 5. The molecule has 1 aromatic rings. The number of carboxylic acids is 1. The van der Waals surface area contributed by atoms with E-state index in [2.05, 4.69) is 27.7 Å². The second kappa shape index (κ2) is 11.4. The Bertz CT molecular complexity index is 1530. The molecule has 0 aromatic heterocycles. The van der Waals surface area contributed by atoms with Gasteiger partial charge in [-0.05, 0) is 118 Å². The molecule has 0 radical (unpaired) electrons. The van der Waals surface area contributed by atoms with Gasteiger partial charge >= 0.3 is 17.9 Å². The Morgan fingerprint density at radius 1 is 0.979 bits per heavy atom. The summed E-state index contributed by atoms with van der Waals surface area (Å²) in [6.45, 7) is 13.2. The molecule has 256 valence electrons. The maximum absolute atomic E-state index is 13.3. The molecule has 1 saturated heterocycles. The molecule has 10 nitrogen and oxygen atoms in total. The average Bonchev–Trinajstić information content (AvgIpc) is 3.55. The van der Waals surface area contributed by atoms with Crippen LogP contribution in [0.2, 0.25) is 0 Å². The third-order valence-corrected chi connectivity index (χ3v) is 13.7. The number of allylic oxidation sites excluding steroid dienone is 1.